The molecule has 19 heteroatoms. The van der Waals surface area contributed by atoms with E-state index in [0.717, 1.165) is 161 Å². The molecule has 594 valence electrons. The lowest BCUT2D eigenvalue weighted by atomic mass is 10.0. The molecule has 104 heavy (non-hydrogen) atoms. The molecule has 0 saturated carbocycles. The molecule has 0 rings (SSSR count). The first-order valence-electron chi connectivity index (χ1n) is 40.1. The molecular weight excluding hydrogens is 1350 g/mol. The van der Waals surface area contributed by atoms with Gasteiger partial charge in [0.15, 0.2) is 12.2 Å². The molecule has 0 aliphatic carbocycles. The van der Waals surface area contributed by atoms with E-state index in [2.05, 4.69) is 174 Å². The summed E-state index contributed by atoms with van der Waals surface area (Å²) in [6.45, 7) is 4.44. The largest absolute Gasteiger partial charge is 0.472 e. The third-order valence-electron chi connectivity index (χ3n) is 16.3. The van der Waals surface area contributed by atoms with Crippen molar-refractivity contribution in [3.05, 3.63) is 146 Å². The van der Waals surface area contributed by atoms with Crippen LogP contribution in [0.15, 0.2) is 146 Å². The second-order valence-corrected chi connectivity index (χ2v) is 29.1. The van der Waals surface area contributed by atoms with Gasteiger partial charge in [-0.05, 0) is 141 Å². The van der Waals surface area contributed by atoms with Gasteiger partial charge in [0.2, 0.25) is 0 Å². The summed E-state index contributed by atoms with van der Waals surface area (Å²) in [5.74, 6) is -2.28. The molecule has 3 N–H and O–H groups in total. The van der Waals surface area contributed by atoms with Gasteiger partial charge in [-0.2, -0.15) is 0 Å². The molecule has 0 bridgehead atoms. The standard InChI is InChI=1S/C85H142O17P2/c1-5-9-13-17-21-25-29-33-37-38-39-40-44-46-50-54-58-62-66-70-83(88)96-76-81(102-85(90)72-68-64-60-56-52-48-43-36-32-28-24-20-16-12-8-4)78-100-104(93,94)98-74-79(86)73-97-103(91,92)99-77-80(101-84(89)71-67-63-59-55-51-47-42-35-31-27-23-19-15-11-7-3)75-95-82(87)69-65-61-57-53-49-45-41-34-30-26-22-18-14-10-6-2/h9-11,13-15,21-23,25-27,33-35,37,39-42,49,51,53,55,79-81,86H,5-8,12,16-20,24,28-32,36,38,43-48,50,52,54,56-78H2,1-4H3,(H,91,92)(H,93,94)/b13-9-,14-10-,15-11-,25-21-,26-22-,27-23-,37-33-,40-39-,41-34-,42-35-,53-49-,55-51-. The second-order valence-electron chi connectivity index (χ2n) is 26.2. The average Bonchev–Trinajstić information content (AvgIpc) is 0.918. The van der Waals surface area contributed by atoms with E-state index in [1.807, 2.05) is 0 Å². The number of allylic oxidation sites excluding steroid dienone is 24. The maximum Gasteiger partial charge on any atom is 0.472 e. The molecule has 0 aromatic carbocycles. The molecule has 0 heterocycles. The van der Waals surface area contributed by atoms with Crippen LogP contribution in [0.2, 0.25) is 0 Å². The third kappa shape index (κ3) is 75.2. The van der Waals surface area contributed by atoms with Crippen LogP contribution < -0.4 is 0 Å². The van der Waals surface area contributed by atoms with Gasteiger partial charge in [0, 0.05) is 25.7 Å². The summed E-state index contributed by atoms with van der Waals surface area (Å²) >= 11 is 0. The van der Waals surface area contributed by atoms with Crippen LogP contribution in [0.3, 0.4) is 0 Å². The number of rotatable bonds is 74. The quantitative estimate of drug-likeness (QED) is 0.0169. The molecule has 0 fully saturated rings. The van der Waals surface area contributed by atoms with Gasteiger partial charge in [-0.1, -0.05) is 289 Å². The van der Waals surface area contributed by atoms with Crippen molar-refractivity contribution in [1.29, 1.82) is 0 Å². The lowest BCUT2D eigenvalue weighted by molar-refractivity contribution is -0.161. The Kier molecular flexibility index (Phi) is 72.4. The fourth-order valence-corrected chi connectivity index (χ4v) is 11.9. The second kappa shape index (κ2) is 76.1. The third-order valence-corrected chi connectivity index (χ3v) is 18.2. The molecule has 0 radical (unpaired) electrons. The molecule has 0 saturated heterocycles. The van der Waals surface area contributed by atoms with Crippen LogP contribution in [0.25, 0.3) is 0 Å². The Morgan fingerprint density at radius 1 is 0.279 bits per heavy atom. The first-order valence-corrected chi connectivity index (χ1v) is 43.1. The number of hydrogen-bond donors (Lipinski definition) is 3. The molecule has 0 aromatic rings. The van der Waals surface area contributed by atoms with E-state index in [4.69, 9.17) is 37.0 Å². The lowest BCUT2D eigenvalue weighted by Gasteiger charge is -2.21. The van der Waals surface area contributed by atoms with E-state index in [1.165, 1.54) is 64.2 Å². The highest BCUT2D eigenvalue weighted by Crippen LogP contribution is 2.45. The van der Waals surface area contributed by atoms with Crippen molar-refractivity contribution in [1.82, 2.24) is 0 Å². The Bertz CT molecular complexity index is 2540. The zero-order valence-electron chi connectivity index (χ0n) is 64.9. The number of hydrogen-bond acceptors (Lipinski definition) is 15. The zero-order valence-corrected chi connectivity index (χ0v) is 66.7. The van der Waals surface area contributed by atoms with Gasteiger partial charge in [-0.25, -0.2) is 9.13 Å². The van der Waals surface area contributed by atoms with Gasteiger partial charge >= 0.3 is 39.5 Å². The molecular formula is C85H142O17P2. The number of phosphoric ester groups is 2. The molecule has 0 aromatic heterocycles. The monoisotopic (exact) mass is 1500 g/mol. The van der Waals surface area contributed by atoms with Crippen LogP contribution in [0.1, 0.15) is 310 Å². The van der Waals surface area contributed by atoms with Crippen LogP contribution in [-0.2, 0) is 65.4 Å². The Hall–Kier alpha value is -5.06. The maximum absolute atomic E-state index is 13.1. The minimum atomic E-state index is -5.00. The van der Waals surface area contributed by atoms with Crippen LogP contribution in [0.5, 0.6) is 0 Å². The SMILES string of the molecule is CC/C=C\C/C=C\C/C=C\C/C=C\CCCCCCCCC(=O)OCC(COP(=O)(O)OCC(O)COP(=O)(O)OCC(COC(=O)CCCC/C=C\C/C=C\C/C=C\C/C=C\CC)OC(=O)CCCC/C=C\C/C=C\C/C=C\C/C=C\CC)OC(=O)CCCCCCCCCCCCCCCCC. The summed E-state index contributed by atoms with van der Waals surface area (Å²) in [7, 11) is -9.99. The highest BCUT2D eigenvalue weighted by atomic mass is 31.2. The number of unbranched alkanes of at least 4 members (excludes halogenated alkanes) is 24. The average molecular weight is 1500 g/mol. The number of esters is 4. The van der Waals surface area contributed by atoms with E-state index >= 15 is 0 Å². The van der Waals surface area contributed by atoms with E-state index in [1.54, 1.807) is 0 Å². The summed E-state index contributed by atoms with van der Waals surface area (Å²) in [6.07, 6.45) is 86.9. The Labute approximate surface area is 630 Å². The molecule has 0 amide bonds. The van der Waals surface area contributed by atoms with Gasteiger partial charge in [-0.15, -0.1) is 0 Å². The normalized spacial score (nSPS) is 14.6. The molecule has 0 aliphatic rings. The van der Waals surface area contributed by atoms with Crippen molar-refractivity contribution in [3.8, 4) is 0 Å². The first-order chi connectivity index (χ1) is 50.7. The van der Waals surface area contributed by atoms with E-state index < -0.39 is 97.5 Å². The van der Waals surface area contributed by atoms with Crippen molar-refractivity contribution in [2.45, 2.75) is 329 Å². The Morgan fingerprint density at radius 2 is 0.500 bits per heavy atom. The van der Waals surface area contributed by atoms with E-state index in [0.29, 0.717) is 32.1 Å². The van der Waals surface area contributed by atoms with Crippen molar-refractivity contribution in [3.63, 3.8) is 0 Å². The predicted octanol–water partition coefficient (Wildman–Crippen LogP) is 23.4. The van der Waals surface area contributed by atoms with Crippen molar-refractivity contribution < 1.29 is 80.2 Å². The fraction of sp³-hybridized carbons (Fsp3) is 0.671. The highest BCUT2D eigenvalue weighted by molar-refractivity contribution is 7.47. The summed E-state index contributed by atoms with van der Waals surface area (Å²) in [5.41, 5.74) is 0. The first kappa shape index (κ1) is 98.9. The minimum absolute atomic E-state index is 0.0296. The van der Waals surface area contributed by atoms with Gasteiger partial charge < -0.3 is 33.8 Å². The van der Waals surface area contributed by atoms with Crippen LogP contribution in [-0.4, -0.2) is 96.7 Å². The zero-order chi connectivity index (χ0) is 76.0. The predicted molar refractivity (Wildman–Crippen MR) is 427 cm³/mol. The summed E-state index contributed by atoms with van der Waals surface area (Å²) in [6, 6.07) is 0. The molecule has 0 aliphatic heterocycles. The minimum Gasteiger partial charge on any atom is -0.462 e. The number of ether oxygens (including phenoxy) is 4. The molecule has 5 unspecified atom stereocenters. The van der Waals surface area contributed by atoms with Crippen molar-refractivity contribution in [2.75, 3.05) is 39.6 Å². The Morgan fingerprint density at radius 3 is 0.788 bits per heavy atom. The summed E-state index contributed by atoms with van der Waals surface area (Å²) in [4.78, 5) is 73.0. The van der Waals surface area contributed by atoms with Crippen molar-refractivity contribution in [2.24, 2.45) is 0 Å². The van der Waals surface area contributed by atoms with Gasteiger partial charge in [0.1, 0.15) is 19.3 Å². The smallest absolute Gasteiger partial charge is 0.462 e. The van der Waals surface area contributed by atoms with Crippen LogP contribution in [0.4, 0.5) is 0 Å². The number of carbonyl (C=O) groups is 4. The van der Waals surface area contributed by atoms with Gasteiger partial charge in [-0.3, -0.25) is 37.3 Å². The maximum atomic E-state index is 13.1. The molecule has 5 atom stereocenters. The van der Waals surface area contributed by atoms with Gasteiger partial charge in [0.05, 0.1) is 26.4 Å². The van der Waals surface area contributed by atoms with Crippen LogP contribution in [0, 0.1) is 0 Å². The van der Waals surface area contributed by atoms with Crippen molar-refractivity contribution >= 4 is 39.5 Å². The van der Waals surface area contributed by atoms with E-state index in [9.17, 15) is 43.2 Å². The number of phosphoric acid groups is 2. The van der Waals surface area contributed by atoms with Gasteiger partial charge in [0.25, 0.3) is 0 Å². The van der Waals surface area contributed by atoms with E-state index in [-0.39, 0.29) is 25.7 Å². The molecule has 17 nitrogen and oxygen atoms in total. The molecule has 0 spiro atoms. The summed E-state index contributed by atoms with van der Waals surface area (Å²) < 4.78 is 68.5. The number of aliphatic hydroxyl groups excluding tert-OH is 1. The fourth-order valence-electron chi connectivity index (χ4n) is 10.3. The topological polar surface area (TPSA) is 237 Å². The van der Waals surface area contributed by atoms with Crippen LogP contribution >= 0.6 is 15.6 Å². The number of aliphatic hydroxyl groups is 1. The highest BCUT2D eigenvalue weighted by Gasteiger charge is 2.30. The Balaban J connectivity index is 5.43. The lowest BCUT2D eigenvalue weighted by Crippen LogP contribution is -2.30. The summed E-state index contributed by atoms with van der Waals surface area (Å²) in [5, 5.41) is 10.6. The number of carbonyl (C=O) groups excluding carboxylic acids is 4.